The molecule has 0 amide bonds. The lowest BCUT2D eigenvalue weighted by Crippen LogP contribution is -1.99. The Bertz CT molecular complexity index is 371. The number of methoxy groups -OCH3 is 1. The molecule has 0 N–H and O–H groups in total. The van der Waals surface area contributed by atoms with E-state index < -0.39 is 0 Å². The van der Waals surface area contributed by atoms with E-state index in [-0.39, 0.29) is 0 Å². The maximum absolute atomic E-state index is 5.44. The van der Waals surface area contributed by atoms with E-state index in [1.807, 2.05) is 30.2 Å². The second-order valence-corrected chi connectivity index (χ2v) is 5.58. The Labute approximate surface area is 114 Å². The maximum Gasteiger partial charge on any atom is 0.118 e. The molecular formula is C15H22O2S. The molecule has 0 aliphatic rings. The summed E-state index contributed by atoms with van der Waals surface area (Å²) >= 11 is 1.83. The Morgan fingerprint density at radius 2 is 2.00 bits per heavy atom. The number of benzene rings is 1. The smallest absolute Gasteiger partial charge is 0.118 e. The quantitative estimate of drug-likeness (QED) is 0.411. The van der Waals surface area contributed by atoms with Crippen LogP contribution in [0.4, 0.5) is 0 Å². The number of hydrogen-bond acceptors (Lipinski definition) is 3. The van der Waals surface area contributed by atoms with Crippen LogP contribution < -0.4 is 4.74 Å². The predicted molar refractivity (Wildman–Crippen MR) is 78.3 cm³/mol. The molecule has 18 heavy (non-hydrogen) atoms. The first kappa shape index (κ1) is 15.0. The highest BCUT2D eigenvalue weighted by atomic mass is 32.2. The van der Waals surface area contributed by atoms with Gasteiger partial charge in [0, 0.05) is 10.1 Å². The molecule has 0 fully saturated rings. The number of hydrogen-bond donors (Lipinski definition) is 0. The average Bonchev–Trinajstić information content (AvgIpc) is 2.39. The molecule has 1 unspecified atom stereocenters. The van der Waals surface area contributed by atoms with Crippen molar-refractivity contribution in [2.75, 3.05) is 13.7 Å². The Kier molecular flexibility index (Phi) is 6.73. The summed E-state index contributed by atoms with van der Waals surface area (Å²) in [5, 5.41) is 0.412. The van der Waals surface area contributed by atoms with Gasteiger partial charge >= 0.3 is 0 Å². The fourth-order valence-electron chi connectivity index (χ4n) is 1.36. The van der Waals surface area contributed by atoms with E-state index in [4.69, 9.17) is 9.47 Å². The average molecular weight is 266 g/mol. The molecule has 1 atom stereocenters. The lowest BCUT2D eigenvalue weighted by Gasteiger charge is -2.12. The predicted octanol–water partition coefficient (Wildman–Crippen LogP) is 4.51. The van der Waals surface area contributed by atoms with Crippen molar-refractivity contribution in [3.05, 3.63) is 36.1 Å². The van der Waals surface area contributed by atoms with Crippen LogP contribution in [0.15, 0.2) is 41.0 Å². The van der Waals surface area contributed by atoms with E-state index >= 15 is 0 Å². The van der Waals surface area contributed by atoms with Gasteiger partial charge in [-0.05, 0) is 50.1 Å². The molecule has 0 saturated heterocycles. The molecule has 0 aromatic heterocycles. The van der Waals surface area contributed by atoms with E-state index in [1.54, 1.807) is 7.11 Å². The van der Waals surface area contributed by atoms with Gasteiger partial charge < -0.3 is 9.47 Å². The van der Waals surface area contributed by atoms with E-state index in [1.165, 1.54) is 10.5 Å². The molecule has 0 saturated carbocycles. The first-order valence-electron chi connectivity index (χ1n) is 6.26. The maximum atomic E-state index is 5.44. The summed E-state index contributed by atoms with van der Waals surface area (Å²) in [6, 6.07) is 8.14. The van der Waals surface area contributed by atoms with Crippen molar-refractivity contribution in [1.29, 1.82) is 0 Å². The van der Waals surface area contributed by atoms with Gasteiger partial charge in [-0.1, -0.05) is 6.92 Å². The third-order valence-electron chi connectivity index (χ3n) is 2.60. The van der Waals surface area contributed by atoms with E-state index in [0.717, 1.165) is 18.8 Å². The van der Waals surface area contributed by atoms with Crippen LogP contribution in [0.25, 0.3) is 0 Å². The van der Waals surface area contributed by atoms with E-state index in [0.29, 0.717) is 5.25 Å². The number of thioether (sulfide) groups is 1. The molecule has 0 radical (unpaired) electrons. The van der Waals surface area contributed by atoms with Crippen molar-refractivity contribution < 1.29 is 9.47 Å². The number of rotatable bonds is 7. The summed E-state index contributed by atoms with van der Waals surface area (Å²) in [6.45, 7) is 7.20. The van der Waals surface area contributed by atoms with Gasteiger partial charge in [-0.3, -0.25) is 0 Å². The van der Waals surface area contributed by atoms with Gasteiger partial charge in [0.05, 0.1) is 20.0 Å². The van der Waals surface area contributed by atoms with Gasteiger partial charge in [-0.2, -0.15) is 0 Å². The van der Waals surface area contributed by atoms with Crippen molar-refractivity contribution in [3.8, 4) is 5.75 Å². The van der Waals surface area contributed by atoms with Crippen molar-refractivity contribution >= 4 is 11.8 Å². The minimum atomic E-state index is 0.412. The van der Waals surface area contributed by atoms with Gasteiger partial charge in [0.2, 0.25) is 0 Å². The molecule has 0 aliphatic heterocycles. The van der Waals surface area contributed by atoms with Crippen LogP contribution in [0.1, 0.15) is 27.2 Å². The largest absolute Gasteiger partial charge is 0.501 e. The summed E-state index contributed by atoms with van der Waals surface area (Å²) in [4.78, 5) is 1.24. The molecule has 0 bridgehead atoms. The fraction of sp³-hybridized carbons (Fsp3) is 0.467. The molecular weight excluding hydrogens is 244 g/mol. The standard InChI is InChI=1S/C15H22O2S/c1-5-10-17-11-12(2)13(3)18-15-8-6-14(16-4)7-9-15/h6-9,11,13H,5,10H2,1-4H3. The Morgan fingerprint density at radius 3 is 2.56 bits per heavy atom. The van der Waals surface area contributed by atoms with Crippen molar-refractivity contribution in [2.24, 2.45) is 0 Å². The van der Waals surface area contributed by atoms with E-state index in [9.17, 15) is 0 Å². The molecule has 2 nitrogen and oxygen atoms in total. The van der Waals surface area contributed by atoms with E-state index in [2.05, 4.69) is 32.9 Å². The third-order valence-corrected chi connectivity index (χ3v) is 3.87. The van der Waals surface area contributed by atoms with Crippen LogP contribution in [0.5, 0.6) is 5.75 Å². The summed E-state index contributed by atoms with van der Waals surface area (Å²) in [5.41, 5.74) is 1.25. The van der Waals surface area contributed by atoms with Gasteiger partial charge in [-0.15, -0.1) is 11.8 Å². The zero-order chi connectivity index (χ0) is 13.4. The Hall–Kier alpha value is -1.09. The molecule has 0 heterocycles. The molecule has 100 valence electrons. The SMILES string of the molecule is CCCOC=C(C)C(C)Sc1ccc(OC)cc1. The van der Waals surface area contributed by atoms with Crippen LogP contribution in [0, 0.1) is 0 Å². The van der Waals surface area contributed by atoms with Gasteiger partial charge in [0.25, 0.3) is 0 Å². The summed E-state index contributed by atoms with van der Waals surface area (Å²) in [5.74, 6) is 0.894. The van der Waals surface area contributed by atoms with Crippen molar-refractivity contribution in [2.45, 2.75) is 37.3 Å². The van der Waals surface area contributed by atoms with Gasteiger partial charge in [0.15, 0.2) is 0 Å². The highest BCUT2D eigenvalue weighted by Crippen LogP contribution is 2.28. The topological polar surface area (TPSA) is 18.5 Å². The van der Waals surface area contributed by atoms with Crippen LogP contribution in [-0.2, 0) is 4.74 Å². The fourth-order valence-corrected chi connectivity index (χ4v) is 2.30. The van der Waals surface area contributed by atoms with Crippen LogP contribution in [-0.4, -0.2) is 19.0 Å². The second kappa shape index (κ2) is 8.09. The molecule has 1 aromatic rings. The van der Waals surface area contributed by atoms with Gasteiger partial charge in [-0.25, -0.2) is 0 Å². The first-order valence-corrected chi connectivity index (χ1v) is 7.14. The zero-order valence-corrected chi connectivity index (χ0v) is 12.4. The molecule has 0 spiro atoms. The van der Waals surface area contributed by atoms with Crippen LogP contribution in [0.3, 0.4) is 0 Å². The minimum Gasteiger partial charge on any atom is -0.501 e. The lowest BCUT2D eigenvalue weighted by molar-refractivity contribution is 0.246. The molecule has 0 aliphatic carbocycles. The summed E-state index contributed by atoms with van der Waals surface area (Å²) < 4.78 is 10.6. The highest BCUT2D eigenvalue weighted by Gasteiger charge is 2.07. The summed E-state index contributed by atoms with van der Waals surface area (Å²) in [6.07, 6.45) is 2.93. The highest BCUT2D eigenvalue weighted by molar-refractivity contribution is 8.00. The third kappa shape index (κ3) is 5.05. The molecule has 1 aromatic carbocycles. The molecule has 3 heteroatoms. The van der Waals surface area contributed by atoms with Gasteiger partial charge in [0.1, 0.15) is 5.75 Å². The number of ether oxygens (including phenoxy) is 2. The Balaban J connectivity index is 2.52. The van der Waals surface area contributed by atoms with Crippen LogP contribution >= 0.6 is 11.8 Å². The Morgan fingerprint density at radius 1 is 1.33 bits per heavy atom. The van der Waals surface area contributed by atoms with Crippen LogP contribution in [0.2, 0.25) is 0 Å². The first-order chi connectivity index (χ1) is 8.67. The monoisotopic (exact) mass is 266 g/mol. The minimum absolute atomic E-state index is 0.412. The normalized spacial score (nSPS) is 13.2. The summed E-state index contributed by atoms with van der Waals surface area (Å²) in [7, 11) is 1.68. The van der Waals surface area contributed by atoms with Crippen molar-refractivity contribution in [3.63, 3.8) is 0 Å². The zero-order valence-electron chi connectivity index (χ0n) is 11.6. The second-order valence-electron chi connectivity index (χ2n) is 4.17. The lowest BCUT2D eigenvalue weighted by atomic mass is 10.2. The van der Waals surface area contributed by atoms with Crippen molar-refractivity contribution in [1.82, 2.24) is 0 Å². The molecule has 1 rings (SSSR count).